The van der Waals surface area contributed by atoms with Crippen molar-refractivity contribution in [2.75, 3.05) is 4.90 Å². The van der Waals surface area contributed by atoms with Gasteiger partial charge >= 0.3 is 6.03 Å². The number of carbonyl (C=O) groups excluding carboxylic acids is 4. The fourth-order valence-electron chi connectivity index (χ4n) is 4.58. The molecule has 0 unspecified atom stereocenters. The summed E-state index contributed by atoms with van der Waals surface area (Å²) in [5, 5.41) is 4.12. The van der Waals surface area contributed by atoms with Crippen LogP contribution in [0.5, 0.6) is 11.6 Å². The second-order valence-corrected chi connectivity index (χ2v) is 8.85. The van der Waals surface area contributed by atoms with Crippen LogP contribution in [-0.2, 0) is 14.4 Å². The predicted octanol–water partition coefficient (Wildman–Crippen LogP) is 3.57. The van der Waals surface area contributed by atoms with Crippen LogP contribution in [0.15, 0.2) is 77.5 Å². The first kappa shape index (κ1) is 24.0. The Balaban J connectivity index is 1.17. The number of hydrogen-bond donors (Lipinski definition) is 2. The lowest BCUT2D eigenvalue weighted by atomic mass is 9.92. The zero-order valence-electron chi connectivity index (χ0n) is 20.0. The molecule has 2 aliphatic rings. The third-order valence-corrected chi connectivity index (χ3v) is 6.48. The smallest absolute Gasteiger partial charge is 0.328 e. The molecule has 2 aromatic carbocycles. The minimum atomic E-state index is -1.86. The van der Waals surface area contributed by atoms with Crippen molar-refractivity contribution in [1.82, 2.24) is 20.6 Å². The Hall–Kier alpha value is -5.39. The van der Waals surface area contributed by atoms with Crippen molar-refractivity contribution in [2.24, 2.45) is 0 Å². The van der Waals surface area contributed by atoms with Gasteiger partial charge in [0.15, 0.2) is 0 Å². The van der Waals surface area contributed by atoms with E-state index < -0.39 is 29.3 Å². The van der Waals surface area contributed by atoms with E-state index in [2.05, 4.69) is 20.6 Å². The highest BCUT2D eigenvalue weighted by atomic mass is 19.1. The van der Waals surface area contributed by atoms with Gasteiger partial charge in [0.2, 0.25) is 23.2 Å². The van der Waals surface area contributed by atoms with Gasteiger partial charge in [0, 0.05) is 23.6 Å². The molecular formula is C27H18FN5O6. The summed E-state index contributed by atoms with van der Waals surface area (Å²) in [6.07, 6.45) is 2.69. The predicted molar refractivity (Wildman–Crippen MR) is 133 cm³/mol. The fraction of sp³-hybridized carbons (Fsp3) is 0.111. The van der Waals surface area contributed by atoms with E-state index in [1.165, 1.54) is 36.7 Å². The number of oxazole rings is 1. The normalized spacial score (nSPS) is 16.4. The number of urea groups is 1. The highest BCUT2D eigenvalue weighted by Gasteiger charge is 2.60. The first-order valence-electron chi connectivity index (χ1n) is 11.8. The molecule has 2 aliphatic heterocycles. The Morgan fingerprint density at radius 2 is 1.59 bits per heavy atom. The number of amides is 5. The molecule has 2 saturated heterocycles. The Morgan fingerprint density at radius 3 is 2.26 bits per heavy atom. The van der Waals surface area contributed by atoms with E-state index in [4.69, 9.17) is 9.15 Å². The van der Waals surface area contributed by atoms with Crippen molar-refractivity contribution < 1.29 is 32.7 Å². The molecule has 0 bridgehead atoms. The van der Waals surface area contributed by atoms with Crippen LogP contribution in [0.1, 0.15) is 12.8 Å². The number of ether oxygens (including phenoxy) is 1. The summed E-state index contributed by atoms with van der Waals surface area (Å²) in [7, 11) is 0. The molecule has 0 aliphatic carbocycles. The summed E-state index contributed by atoms with van der Waals surface area (Å²) >= 11 is 0. The van der Waals surface area contributed by atoms with E-state index in [1.807, 2.05) is 0 Å². The van der Waals surface area contributed by atoms with Gasteiger partial charge in [-0.05, 0) is 61.0 Å². The average molecular weight is 527 g/mol. The number of barbiturate groups is 1. The molecule has 5 amide bonds. The highest BCUT2D eigenvalue weighted by molar-refractivity contribution is 6.28. The standard InChI is InChI=1S/C27H18FN5O6/c28-17-5-1-15(2-6-17)20-14-38-23(30-20)16-3-8-19(9-4-16)39-21-10-7-18(13-29-21)33-22(34)11-12-27(33)24(35)31-26(37)32-25(27)36/h1-10,13-14H,11-12H2,(H2,31,32,35,36,37). The quantitative estimate of drug-likeness (QED) is 0.375. The minimum absolute atomic E-state index is 0.0461. The van der Waals surface area contributed by atoms with E-state index >= 15 is 0 Å². The van der Waals surface area contributed by atoms with Crippen molar-refractivity contribution in [3.8, 4) is 34.3 Å². The maximum atomic E-state index is 13.2. The SMILES string of the molecule is O=C1NC(=O)C2(CCC(=O)N2c2ccc(Oc3ccc(-c4nc(-c5ccc(F)cc5)co4)cc3)nc2)C(=O)N1. The molecule has 0 radical (unpaired) electrons. The summed E-state index contributed by atoms with van der Waals surface area (Å²) in [6, 6.07) is 14.9. The van der Waals surface area contributed by atoms with Gasteiger partial charge in [-0.25, -0.2) is 19.2 Å². The monoisotopic (exact) mass is 527 g/mol. The Bertz CT molecular complexity index is 1600. The molecular weight excluding hydrogens is 509 g/mol. The molecule has 0 atom stereocenters. The van der Waals surface area contributed by atoms with Gasteiger partial charge in [-0.2, -0.15) is 0 Å². The van der Waals surface area contributed by atoms with Gasteiger partial charge < -0.3 is 9.15 Å². The Morgan fingerprint density at radius 1 is 0.897 bits per heavy atom. The molecule has 0 saturated carbocycles. The molecule has 11 nitrogen and oxygen atoms in total. The summed E-state index contributed by atoms with van der Waals surface area (Å²) in [5.74, 6) is -1.47. The van der Waals surface area contributed by atoms with Crippen LogP contribution >= 0.6 is 0 Å². The average Bonchev–Trinajstić information content (AvgIpc) is 3.55. The molecule has 2 N–H and O–H groups in total. The van der Waals surface area contributed by atoms with Gasteiger partial charge in [-0.1, -0.05) is 0 Å². The van der Waals surface area contributed by atoms with Gasteiger partial charge in [-0.3, -0.25) is 29.9 Å². The number of anilines is 1. The third kappa shape index (κ3) is 4.17. The van der Waals surface area contributed by atoms with Crippen molar-refractivity contribution in [3.05, 3.63) is 78.9 Å². The van der Waals surface area contributed by atoms with E-state index in [0.29, 0.717) is 22.9 Å². The molecule has 2 fully saturated rings. The van der Waals surface area contributed by atoms with Crippen LogP contribution in [0.2, 0.25) is 0 Å². The van der Waals surface area contributed by atoms with E-state index in [1.54, 1.807) is 36.4 Å². The topological polar surface area (TPSA) is 144 Å². The molecule has 194 valence electrons. The number of pyridine rings is 1. The van der Waals surface area contributed by atoms with Gasteiger partial charge in [-0.15, -0.1) is 0 Å². The first-order chi connectivity index (χ1) is 18.8. The van der Waals surface area contributed by atoms with Crippen LogP contribution < -0.4 is 20.3 Å². The van der Waals surface area contributed by atoms with Crippen molar-refractivity contribution in [2.45, 2.75) is 18.4 Å². The largest absolute Gasteiger partial charge is 0.444 e. The zero-order chi connectivity index (χ0) is 27.1. The second kappa shape index (κ2) is 9.17. The van der Waals surface area contributed by atoms with Crippen molar-refractivity contribution >= 4 is 29.4 Å². The van der Waals surface area contributed by atoms with E-state index in [0.717, 1.165) is 10.5 Å². The van der Waals surface area contributed by atoms with Crippen LogP contribution in [0.3, 0.4) is 0 Å². The molecule has 4 heterocycles. The lowest BCUT2D eigenvalue weighted by Gasteiger charge is -2.37. The summed E-state index contributed by atoms with van der Waals surface area (Å²) in [4.78, 5) is 59.2. The van der Waals surface area contributed by atoms with Gasteiger partial charge in [0.25, 0.3) is 11.8 Å². The number of carbonyl (C=O) groups is 4. The molecule has 4 aromatic rings. The molecule has 6 rings (SSSR count). The van der Waals surface area contributed by atoms with Crippen LogP contribution in [0.4, 0.5) is 14.9 Å². The number of nitrogens with one attached hydrogen (secondary N) is 2. The fourth-order valence-corrected chi connectivity index (χ4v) is 4.58. The van der Waals surface area contributed by atoms with Crippen LogP contribution in [0, 0.1) is 5.82 Å². The number of halogens is 1. The lowest BCUT2D eigenvalue weighted by Crippen LogP contribution is -2.72. The van der Waals surface area contributed by atoms with Crippen LogP contribution in [0.25, 0.3) is 22.7 Å². The number of benzene rings is 2. The number of rotatable bonds is 5. The van der Waals surface area contributed by atoms with E-state index in [9.17, 15) is 23.6 Å². The lowest BCUT2D eigenvalue weighted by molar-refractivity contribution is -0.138. The van der Waals surface area contributed by atoms with E-state index in [-0.39, 0.29) is 30.2 Å². The van der Waals surface area contributed by atoms with Crippen LogP contribution in [-0.4, -0.2) is 39.3 Å². The van der Waals surface area contributed by atoms with Crippen molar-refractivity contribution in [3.63, 3.8) is 0 Å². The number of nitrogens with zero attached hydrogens (tertiary/aromatic N) is 3. The minimum Gasteiger partial charge on any atom is -0.444 e. The van der Waals surface area contributed by atoms with Crippen molar-refractivity contribution in [1.29, 1.82) is 0 Å². The number of hydrogen-bond acceptors (Lipinski definition) is 8. The molecule has 12 heteroatoms. The van der Waals surface area contributed by atoms with Gasteiger partial charge in [0.05, 0.1) is 11.9 Å². The number of imide groups is 2. The maximum Gasteiger partial charge on any atom is 0.328 e. The Labute approximate surface area is 219 Å². The zero-order valence-corrected chi connectivity index (χ0v) is 20.0. The molecule has 39 heavy (non-hydrogen) atoms. The summed E-state index contributed by atoms with van der Waals surface area (Å²) in [6.45, 7) is 0. The summed E-state index contributed by atoms with van der Waals surface area (Å²) in [5.41, 5.74) is 0.338. The highest BCUT2D eigenvalue weighted by Crippen LogP contribution is 2.37. The molecule has 2 aromatic heterocycles. The third-order valence-electron chi connectivity index (χ3n) is 6.48. The summed E-state index contributed by atoms with van der Waals surface area (Å²) < 4.78 is 24.5. The Kier molecular flexibility index (Phi) is 5.64. The first-order valence-corrected chi connectivity index (χ1v) is 11.8. The second-order valence-electron chi connectivity index (χ2n) is 8.85. The van der Waals surface area contributed by atoms with Gasteiger partial charge in [0.1, 0.15) is 23.5 Å². The molecule has 1 spiro atoms. The maximum absolute atomic E-state index is 13.2. The number of aromatic nitrogens is 2.